The van der Waals surface area contributed by atoms with E-state index in [1.807, 2.05) is 0 Å². The molecule has 0 amide bonds. The van der Waals surface area contributed by atoms with Crippen molar-refractivity contribution in [2.24, 2.45) is 34.5 Å². The number of hydrogen-bond donors (Lipinski definition) is 0. The second kappa shape index (κ2) is 7.07. The number of rotatable bonds is 5. The average molecular weight is 408 g/mol. The van der Waals surface area contributed by atoms with E-state index in [9.17, 15) is 0 Å². The molecule has 5 aliphatic carbocycles. The lowest BCUT2D eigenvalue weighted by Crippen LogP contribution is -2.63. The van der Waals surface area contributed by atoms with Crippen LogP contribution in [0.15, 0.2) is 30.3 Å². The van der Waals surface area contributed by atoms with E-state index in [1.54, 1.807) is 12.8 Å². The maximum absolute atomic E-state index is 7.11. The van der Waals surface area contributed by atoms with E-state index < -0.39 is 0 Å². The Morgan fingerprint density at radius 3 is 2.30 bits per heavy atom. The fourth-order valence-corrected chi connectivity index (χ4v) is 10.0. The minimum Gasteiger partial charge on any atom is -0.369 e. The summed E-state index contributed by atoms with van der Waals surface area (Å²) >= 11 is 0. The summed E-state index contributed by atoms with van der Waals surface area (Å²) in [6, 6.07) is 11.5. The molecule has 1 heterocycles. The maximum Gasteiger partial charge on any atom is 0.103 e. The number of ether oxygens (including phenoxy) is 1. The summed E-state index contributed by atoms with van der Waals surface area (Å²) < 4.78 is 7.11. The predicted molar refractivity (Wildman–Crippen MR) is 122 cm³/mol. The average Bonchev–Trinajstić information content (AvgIpc) is 3.38. The van der Waals surface area contributed by atoms with Crippen molar-refractivity contribution < 1.29 is 4.74 Å². The van der Waals surface area contributed by atoms with E-state index in [4.69, 9.17) is 4.74 Å². The standard InChI is InChI=1S/C28H41NO/c1-29(2)19-25-12-13-30-28(25,24-10-4-3-5-11-24)27-17-21-14-22(18-27)16-26(15-21,20-27)23-8-6-7-9-23/h3-5,10-11,21-23,25H,6-9,12-20H2,1-2H3. The third-order valence-electron chi connectivity index (χ3n) is 10.3. The van der Waals surface area contributed by atoms with Crippen LogP contribution in [0.5, 0.6) is 0 Å². The van der Waals surface area contributed by atoms with Crippen LogP contribution in [-0.2, 0) is 10.3 Å². The van der Waals surface area contributed by atoms with Crippen LogP contribution in [0.25, 0.3) is 0 Å². The van der Waals surface area contributed by atoms with E-state index in [1.165, 1.54) is 63.4 Å². The van der Waals surface area contributed by atoms with E-state index in [0.29, 0.717) is 16.7 Å². The van der Waals surface area contributed by atoms with Gasteiger partial charge in [0.25, 0.3) is 0 Å². The molecule has 1 saturated heterocycles. The van der Waals surface area contributed by atoms with Crippen molar-refractivity contribution >= 4 is 0 Å². The molecule has 2 nitrogen and oxygen atoms in total. The molecular formula is C28H41NO. The van der Waals surface area contributed by atoms with E-state index >= 15 is 0 Å². The molecule has 1 aromatic rings. The molecular weight excluding hydrogens is 366 g/mol. The highest BCUT2D eigenvalue weighted by Gasteiger charge is 2.69. The summed E-state index contributed by atoms with van der Waals surface area (Å²) in [7, 11) is 4.52. The number of benzene rings is 1. The molecule has 5 saturated carbocycles. The van der Waals surface area contributed by atoms with Crippen molar-refractivity contribution in [3.63, 3.8) is 0 Å². The molecule has 6 fully saturated rings. The molecule has 1 aliphatic heterocycles. The number of hydrogen-bond acceptors (Lipinski definition) is 2. The summed E-state index contributed by atoms with van der Waals surface area (Å²) in [6.45, 7) is 2.10. The summed E-state index contributed by atoms with van der Waals surface area (Å²) in [4.78, 5) is 2.42. The van der Waals surface area contributed by atoms with Gasteiger partial charge < -0.3 is 9.64 Å². The molecule has 0 aromatic heterocycles. The third kappa shape index (κ3) is 2.75. The quantitative estimate of drug-likeness (QED) is 0.571. The van der Waals surface area contributed by atoms with Crippen LogP contribution < -0.4 is 0 Å². The zero-order chi connectivity index (χ0) is 20.4. The maximum atomic E-state index is 7.11. The highest BCUT2D eigenvalue weighted by molar-refractivity contribution is 5.31. The molecule has 7 rings (SSSR count). The molecule has 4 bridgehead atoms. The van der Waals surface area contributed by atoms with Crippen molar-refractivity contribution in [1.82, 2.24) is 4.90 Å². The third-order valence-corrected chi connectivity index (χ3v) is 10.3. The van der Waals surface area contributed by atoms with Crippen molar-refractivity contribution in [2.45, 2.75) is 76.2 Å². The van der Waals surface area contributed by atoms with Crippen molar-refractivity contribution in [2.75, 3.05) is 27.2 Å². The molecule has 6 aliphatic rings. The van der Waals surface area contributed by atoms with Gasteiger partial charge in [0, 0.05) is 24.5 Å². The van der Waals surface area contributed by atoms with Gasteiger partial charge in [-0.1, -0.05) is 43.2 Å². The second-order valence-corrected chi connectivity index (χ2v) is 12.3. The minimum atomic E-state index is -0.0693. The van der Waals surface area contributed by atoms with Gasteiger partial charge in [-0.3, -0.25) is 0 Å². The summed E-state index contributed by atoms with van der Waals surface area (Å²) in [5, 5.41) is 0. The van der Waals surface area contributed by atoms with Gasteiger partial charge in [-0.25, -0.2) is 0 Å². The van der Waals surface area contributed by atoms with Crippen molar-refractivity contribution in [1.29, 1.82) is 0 Å². The van der Waals surface area contributed by atoms with E-state index in [2.05, 4.69) is 49.3 Å². The van der Waals surface area contributed by atoms with Crippen LogP contribution in [0.1, 0.15) is 76.2 Å². The van der Waals surface area contributed by atoms with Gasteiger partial charge in [-0.15, -0.1) is 0 Å². The molecule has 0 spiro atoms. The van der Waals surface area contributed by atoms with Crippen molar-refractivity contribution in [3.05, 3.63) is 35.9 Å². The summed E-state index contributed by atoms with van der Waals surface area (Å²) in [5.41, 5.74) is 2.42. The largest absolute Gasteiger partial charge is 0.369 e. The first-order chi connectivity index (χ1) is 14.6. The highest BCUT2D eigenvalue weighted by Crippen LogP contribution is 2.75. The Bertz CT molecular complexity index is 752. The first kappa shape index (κ1) is 19.8. The minimum absolute atomic E-state index is 0.0693. The van der Waals surface area contributed by atoms with Gasteiger partial charge in [0.15, 0.2) is 0 Å². The number of nitrogens with zero attached hydrogens (tertiary/aromatic N) is 1. The van der Waals surface area contributed by atoms with Crippen LogP contribution in [0.3, 0.4) is 0 Å². The smallest absolute Gasteiger partial charge is 0.103 e. The first-order valence-electron chi connectivity index (χ1n) is 12.9. The molecule has 1 aromatic carbocycles. The van der Waals surface area contributed by atoms with Crippen LogP contribution in [0.2, 0.25) is 0 Å². The van der Waals surface area contributed by atoms with Crippen LogP contribution >= 0.6 is 0 Å². The molecule has 2 heteroatoms. The summed E-state index contributed by atoms with van der Waals surface area (Å²) in [6.07, 6.45) is 16.1. The normalized spacial score (nSPS) is 45.6. The molecule has 0 radical (unpaired) electrons. The Hall–Kier alpha value is -0.860. The second-order valence-electron chi connectivity index (χ2n) is 12.3. The van der Waals surface area contributed by atoms with Crippen LogP contribution in [-0.4, -0.2) is 32.1 Å². The Labute approximate surface area is 183 Å². The van der Waals surface area contributed by atoms with Crippen LogP contribution in [0.4, 0.5) is 0 Å². The molecule has 0 N–H and O–H groups in total. The fourth-order valence-electron chi connectivity index (χ4n) is 10.0. The van der Waals surface area contributed by atoms with Gasteiger partial charge in [-0.2, -0.15) is 0 Å². The molecule has 4 unspecified atom stereocenters. The predicted octanol–water partition coefficient (Wildman–Crippen LogP) is 6.26. The van der Waals surface area contributed by atoms with E-state index in [0.717, 1.165) is 30.9 Å². The zero-order valence-electron chi connectivity index (χ0n) is 19.2. The van der Waals surface area contributed by atoms with Gasteiger partial charge in [0.05, 0.1) is 0 Å². The fraction of sp³-hybridized carbons (Fsp3) is 0.786. The lowest BCUT2D eigenvalue weighted by atomic mass is 9.37. The topological polar surface area (TPSA) is 12.5 Å². The monoisotopic (exact) mass is 407 g/mol. The lowest BCUT2D eigenvalue weighted by Gasteiger charge is -2.69. The van der Waals surface area contributed by atoms with Gasteiger partial charge in [0.2, 0.25) is 0 Å². The zero-order valence-corrected chi connectivity index (χ0v) is 19.2. The van der Waals surface area contributed by atoms with Crippen LogP contribution in [0, 0.1) is 34.5 Å². The Morgan fingerprint density at radius 2 is 1.63 bits per heavy atom. The SMILES string of the molecule is CN(C)CC1CCOC1(c1ccccc1)C12CC3CC(CC(C4CCCC4)(C3)C1)C2. The summed E-state index contributed by atoms with van der Waals surface area (Å²) in [5.74, 6) is 3.53. The lowest BCUT2D eigenvalue weighted by molar-refractivity contribution is -0.239. The van der Waals surface area contributed by atoms with E-state index in [-0.39, 0.29) is 5.60 Å². The van der Waals surface area contributed by atoms with Gasteiger partial charge >= 0.3 is 0 Å². The Kier molecular flexibility index (Phi) is 4.67. The highest BCUT2D eigenvalue weighted by atomic mass is 16.5. The first-order valence-corrected chi connectivity index (χ1v) is 12.9. The Morgan fingerprint density at radius 1 is 0.933 bits per heavy atom. The molecule has 4 atom stereocenters. The molecule has 30 heavy (non-hydrogen) atoms. The Balaban J connectivity index is 1.48. The van der Waals surface area contributed by atoms with Gasteiger partial charge in [-0.05, 0) is 101 Å². The van der Waals surface area contributed by atoms with Crippen molar-refractivity contribution in [3.8, 4) is 0 Å². The van der Waals surface area contributed by atoms with Gasteiger partial charge in [0.1, 0.15) is 5.60 Å². The molecule has 164 valence electrons.